The third-order valence-electron chi connectivity index (χ3n) is 4.45. The smallest absolute Gasteiger partial charge is 0.339 e. The lowest BCUT2D eigenvalue weighted by Crippen LogP contribution is -2.79. The molecule has 4 atom stereocenters. The molecule has 98 valence electrons. The first-order chi connectivity index (χ1) is 8.49. The summed E-state index contributed by atoms with van der Waals surface area (Å²) >= 11 is 0. The minimum atomic E-state index is -1.24. The first-order valence-electron chi connectivity index (χ1n) is 6.39. The number of carbonyl (C=O) groups excluding carboxylic acids is 2. The van der Waals surface area contributed by atoms with Crippen molar-refractivity contribution in [3.63, 3.8) is 0 Å². The zero-order valence-electron chi connectivity index (χ0n) is 10.3. The molecule has 2 N–H and O–H groups in total. The van der Waals surface area contributed by atoms with E-state index in [1.165, 1.54) is 0 Å². The Morgan fingerprint density at radius 3 is 2.89 bits per heavy atom. The quantitative estimate of drug-likeness (QED) is 0.546. The third-order valence-corrected chi connectivity index (χ3v) is 4.45. The predicted octanol–water partition coefficient (Wildman–Crippen LogP) is 0.278. The molecule has 18 heavy (non-hydrogen) atoms. The number of rotatable bonds is 2. The minimum Gasteiger partial charge on any atom is -0.454 e. The van der Waals surface area contributed by atoms with Crippen LogP contribution in [-0.2, 0) is 14.3 Å². The Labute approximate surface area is 105 Å². The highest BCUT2D eigenvalue weighted by Crippen LogP contribution is 2.49. The fourth-order valence-electron chi connectivity index (χ4n) is 3.39. The Bertz CT molecular complexity index is 446. The van der Waals surface area contributed by atoms with Gasteiger partial charge in [0, 0.05) is 5.92 Å². The lowest BCUT2D eigenvalue weighted by Gasteiger charge is -2.53. The van der Waals surface area contributed by atoms with Crippen LogP contribution in [0.15, 0.2) is 12.2 Å². The molecule has 1 amide bonds. The fraction of sp³-hybridized carbons (Fsp3) is 0.692. The molecule has 0 saturated carbocycles. The number of aliphatic hydroxyl groups is 1. The van der Waals surface area contributed by atoms with Crippen LogP contribution in [0.1, 0.15) is 32.6 Å². The summed E-state index contributed by atoms with van der Waals surface area (Å²) < 4.78 is 5.13. The van der Waals surface area contributed by atoms with Crippen molar-refractivity contribution in [2.75, 3.05) is 0 Å². The Morgan fingerprint density at radius 2 is 2.33 bits per heavy atom. The fourth-order valence-corrected chi connectivity index (χ4v) is 3.39. The van der Waals surface area contributed by atoms with Crippen LogP contribution in [0.5, 0.6) is 0 Å². The average Bonchev–Trinajstić information content (AvgIpc) is 2.56. The predicted molar refractivity (Wildman–Crippen MR) is 62.5 cm³/mol. The van der Waals surface area contributed by atoms with Crippen LogP contribution < -0.4 is 5.32 Å². The number of fused-ring (bicyclic) bond motifs is 1. The van der Waals surface area contributed by atoms with Crippen LogP contribution in [0.3, 0.4) is 0 Å². The highest BCUT2D eigenvalue weighted by atomic mass is 16.6. The Kier molecular flexibility index (Phi) is 2.32. The van der Waals surface area contributed by atoms with E-state index in [1.54, 1.807) is 6.92 Å². The molecular formula is C13H17NO4. The first-order valence-corrected chi connectivity index (χ1v) is 6.39. The molecule has 2 saturated heterocycles. The SMILES string of the molecule is CC12CC(=O)NC1(C(O)C1C=CCCC1)C(=O)O2. The third kappa shape index (κ3) is 1.25. The van der Waals surface area contributed by atoms with Crippen molar-refractivity contribution in [1.82, 2.24) is 5.32 Å². The van der Waals surface area contributed by atoms with E-state index in [1.807, 2.05) is 12.2 Å². The van der Waals surface area contributed by atoms with Gasteiger partial charge in [0.25, 0.3) is 0 Å². The highest BCUT2D eigenvalue weighted by molar-refractivity contribution is 6.00. The van der Waals surface area contributed by atoms with E-state index in [0.29, 0.717) is 0 Å². The Balaban J connectivity index is 1.93. The highest BCUT2D eigenvalue weighted by Gasteiger charge is 2.75. The summed E-state index contributed by atoms with van der Waals surface area (Å²) in [5.74, 6) is -0.839. The Hall–Kier alpha value is -1.36. The molecule has 0 bridgehead atoms. The molecular weight excluding hydrogens is 234 g/mol. The number of allylic oxidation sites excluding steroid dienone is 1. The largest absolute Gasteiger partial charge is 0.454 e. The van der Waals surface area contributed by atoms with Gasteiger partial charge in [-0.05, 0) is 26.2 Å². The van der Waals surface area contributed by atoms with Gasteiger partial charge >= 0.3 is 5.97 Å². The summed E-state index contributed by atoms with van der Waals surface area (Å²) in [5.41, 5.74) is -2.14. The topological polar surface area (TPSA) is 75.6 Å². The number of aliphatic hydroxyl groups excluding tert-OH is 1. The lowest BCUT2D eigenvalue weighted by molar-refractivity contribution is -0.229. The van der Waals surface area contributed by atoms with Crippen LogP contribution in [0.25, 0.3) is 0 Å². The summed E-state index contributed by atoms with van der Waals surface area (Å²) in [6.07, 6.45) is 6.01. The average molecular weight is 251 g/mol. The van der Waals surface area contributed by atoms with Crippen LogP contribution in [0.4, 0.5) is 0 Å². The van der Waals surface area contributed by atoms with Crippen molar-refractivity contribution in [3.8, 4) is 0 Å². The maximum atomic E-state index is 11.8. The molecule has 3 aliphatic rings. The second-order valence-electron chi connectivity index (χ2n) is 5.62. The molecule has 0 aromatic heterocycles. The maximum absolute atomic E-state index is 11.8. The van der Waals surface area contributed by atoms with E-state index in [4.69, 9.17) is 4.74 Å². The molecule has 2 fully saturated rings. The van der Waals surface area contributed by atoms with Gasteiger partial charge in [-0.15, -0.1) is 0 Å². The zero-order valence-corrected chi connectivity index (χ0v) is 10.3. The van der Waals surface area contributed by atoms with Crippen molar-refractivity contribution >= 4 is 11.9 Å². The monoisotopic (exact) mass is 251 g/mol. The molecule has 5 heteroatoms. The van der Waals surface area contributed by atoms with Gasteiger partial charge in [0.2, 0.25) is 11.4 Å². The van der Waals surface area contributed by atoms with Crippen LogP contribution in [0, 0.1) is 5.92 Å². The maximum Gasteiger partial charge on any atom is 0.339 e. The summed E-state index contributed by atoms with van der Waals surface area (Å²) in [7, 11) is 0. The van der Waals surface area contributed by atoms with Gasteiger partial charge in [-0.25, -0.2) is 4.79 Å². The number of carbonyl (C=O) groups is 2. The van der Waals surface area contributed by atoms with Crippen molar-refractivity contribution in [3.05, 3.63) is 12.2 Å². The van der Waals surface area contributed by atoms with Gasteiger partial charge in [0.1, 0.15) is 0 Å². The van der Waals surface area contributed by atoms with E-state index in [9.17, 15) is 14.7 Å². The normalized spacial score (nSPS) is 43.8. The Morgan fingerprint density at radius 1 is 1.56 bits per heavy atom. The van der Waals surface area contributed by atoms with Crippen molar-refractivity contribution < 1.29 is 19.4 Å². The van der Waals surface area contributed by atoms with Crippen molar-refractivity contribution in [2.24, 2.45) is 5.92 Å². The number of esters is 1. The van der Waals surface area contributed by atoms with Gasteiger partial charge in [0.15, 0.2) is 5.60 Å². The molecule has 2 aliphatic heterocycles. The van der Waals surface area contributed by atoms with Crippen LogP contribution in [-0.4, -0.2) is 34.2 Å². The summed E-state index contributed by atoms with van der Waals surface area (Å²) in [6.45, 7) is 1.71. The van der Waals surface area contributed by atoms with Gasteiger partial charge in [-0.3, -0.25) is 4.79 Å². The minimum absolute atomic E-state index is 0.0932. The lowest BCUT2D eigenvalue weighted by atomic mass is 9.68. The molecule has 0 aromatic rings. The van der Waals surface area contributed by atoms with E-state index in [0.717, 1.165) is 19.3 Å². The second-order valence-corrected chi connectivity index (χ2v) is 5.62. The van der Waals surface area contributed by atoms with E-state index < -0.39 is 23.2 Å². The molecule has 0 radical (unpaired) electrons. The van der Waals surface area contributed by atoms with E-state index in [-0.39, 0.29) is 18.2 Å². The van der Waals surface area contributed by atoms with Gasteiger partial charge in [-0.1, -0.05) is 12.2 Å². The number of hydrogen-bond acceptors (Lipinski definition) is 4. The summed E-state index contributed by atoms with van der Waals surface area (Å²) in [5, 5.41) is 13.2. The molecule has 0 spiro atoms. The van der Waals surface area contributed by atoms with Crippen molar-refractivity contribution in [2.45, 2.75) is 49.9 Å². The number of amides is 1. The molecule has 3 rings (SSSR count). The zero-order chi connectivity index (χ0) is 13.0. The number of ether oxygens (including phenoxy) is 1. The second kappa shape index (κ2) is 3.57. The first kappa shape index (κ1) is 11.7. The van der Waals surface area contributed by atoms with Gasteiger partial charge < -0.3 is 15.2 Å². The molecule has 0 aromatic carbocycles. The molecule has 1 aliphatic carbocycles. The number of hydrogen-bond donors (Lipinski definition) is 2. The molecule has 5 nitrogen and oxygen atoms in total. The number of nitrogens with one attached hydrogen (secondary N) is 1. The van der Waals surface area contributed by atoms with Gasteiger partial charge in [0.05, 0.1) is 12.5 Å². The van der Waals surface area contributed by atoms with Crippen molar-refractivity contribution in [1.29, 1.82) is 0 Å². The van der Waals surface area contributed by atoms with Crippen LogP contribution >= 0.6 is 0 Å². The standard InChI is InChI=1S/C13H17NO4/c1-12-7-9(15)14-13(12,11(17)18-12)10(16)8-5-3-2-4-6-8/h3,5,8,10,16H,2,4,6-7H2,1H3,(H,14,15). The van der Waals surface area contributed by atoms with Crippen LogP contribution in [0.2, 0.25) is 0 Å². The summed E-state index contributed by atoms with van der Waals surface area (Å²) in [6, 6.07) is 0. The summed E-state index contributed by atoms with van der Waals surface area (Å²) in [4.78, 5) is 23.4. The van der Waals surface area contributed by atoms with E-state index >= 15 is 0 Å². The molecule has 4 unspecified atom stereocenters. The molecule has 2 heterocycles. The van der Waals surface area contributed by atoms with Gasteiger partial charge in [-0.2, -0.15) is 0 Å². The van der Waals surface area contributed by atoms with E-state index in [2.05, 4.69) is 5.32 Å².